The van der Waals surface area contributed by atoms with E-state index in [1.165, 1.54) is 173 Å². The molecule has 0 aliphatic rings. The normalized spacial score (nSPS) is 13.4. The molecule has 0 aliphatic heterocycles. The molecule has 0 fully saturated rings. The van der Waals surface area contributed by atoms with Crippen molar-refractivity contribution in [2.75, 3.05) is 6.61 Å². The van der Waals surface area contributed by atoms with E-state index < -0.39 is 12.1 Å². The molecule has 3 N–H and O–H groups in total. The molecule has 0 aliphatic carbocycles. The Morgan fingerprint density at radius 2 is 0.750 bits per heavy atom. The number of aliphatic hydroxyl groups excluding tert-OH is 2. The SMILES string of the molecule is CCCCCCC/C=C\C/C=C\C/C=C\CCCCCCCCCCC(=O)NC(CO)C(O)/C=C/CC/C=C/CCCCCCCCCCCCCCCCC. The molecule has 1 amide bonds. The lowest BCUT2D eigenvalue weighted by atomic mass is 10.0. The zero-order valence-electron chi connectivity index (χ0n) is 37.4. The Morgan fingerprint density at radius 1 is 0.429 bits per heavy atom. The van der Waals surface area contributed by atoms with Crippen LogP contribution in [0.25, 0.3) is 0 Å². The molecule has 4 nitrogen and oxygen atoms in total. The molecule has 2 atom stereocenters. The Labute approximate surface area is 349 Å². The van der Waals surface area contributed by atoms with Crippen molar-refractivity contribution in [1.82, 2.24) is 5.32 Å². The Hall–Kier alpha value is -1.91. The molecule has 0 spiro atoms. The van der Waals surface area contributed by atoms with Crippen molar-refractivity contribution in [3.05, 3.63) is 60.8 Å². The van der Waals surface area contributed by atoms with Crippen LogP contribution in [0.2, 0.25) is 0 Å². The lowest BCUT2D eigenvalue weighted by Gasteiger charge is -2.19. The Kier molecular flexibility index (Phi) is 45.8. The van der Waals surface area contributed by atoms with Crippen molar-refractivity contribution in [3.8, 4) is 0 Å². The van der Waals surface area contributed by atoms with Crippen LogP contribution in [0.4, 0.5) is 0 Å². The highest BCUT2D eigenvalue weighted by Crippen LogP contribution is 2.15. The van der Waals surface area contributed by atoms with E-state index in [0.29, 0.717) is 6.42 Å². The van der Waals surface area contributed by atoms with E-state index in [-0.39, 0.29) is 12.5 Å². The fourth-order valence-electron chi connectivity index (χ4n) is 7.20. The highest BCUT2D eigenvalue weighted by Gasteiger charge is 2.17. The van der Waals surface area contributed by atoms with E-state index in [0.717, 1.165) is 51.4 Å². The third kappa shape index (κ3) is 43.2. The summed E-state index contributed by atoms with van der Waals surface area (Å²) >= 11 is 0. The predicted molar refractivity (Wildman–Crippen MR) is 248 cm³/mol. The highest BCUT2D eigenvalue weighted by molar-refractivity contribution is 5.76. The number of carbonyl (C=O) groups excluding carboxylic acids is 1. The molecule has 0 aromatic heterocycles. The number of allylic oxidation sites excluding steroid dienone is 9. The highest BCUT2D eigenvalue weighted by atomic mass is 16.3. The van der Waals surface area contributed by atoms with Gasteiger partial charge in [-0.05, 0) is 70.6 Å². The summed E-state index contributed by atoms with van der Waals surface area (Å²) < 4.78 is 0. The summed E-state index contributed by atoms with van der Waals surface area (Å²) in [5.74, 6) is -0.0814. The maximum atomic E-state index is 12.4. The van der Waals surface area contributed by atoms with Gasteiger partial charge in [0, 0.05) is 6.42 Å². The molecule has 0 aromatic rings. The van der Waals surface area contributed by atoms with Gasteiger partial charge in [0.2, 0.25) is 5.91 Å². The summed E-state index contributed by atoms with van der Waals surface area (Å²) in [5.41, 5.74) is 0. The molecular weight excluding hydrogens is 687 g/mol. The molecule has 0 aromatic carbocycles. The van der Waals surface area contributed by atoms with E-state index in [2.05, 4.69) is 67.8 Å². The third-order valence-electron chi connectivity index (χ3n) is 11.0. The number of carbonyl (C=O) groups is 1. The van der Waals surface area contributed by atoms with E-state index in [1.807, 2.05) is 6.08 Å². The lowest BCUT2D eigenvalue weighted by Crippen LogP contribution is -2.45. The smallest absolute Gasteiger partial charge is 0.220 e. The summed E-state index contributed by atoms with van der Waals surface area (Å²) in [7, 11) is 0. The third-order valence-corrected chi connectivity index (χ3v) is 11.0. The fourth-order valence-corrected chi connectivity index (χ4v) is 7.20. The van der Waals surface area contributed by atoms with Gasteiger partial charge < -0.3 is 15.5 Å². The molecule has 56 heavy (non-hydrogen) atoms. The molecule has 0 bridgehead atoms. The van der Waals surface area contributed by atoms with E-state index in [1.54, 1.807) is 6.08 Å². The van der Waals surface area contributed by atoms with Crippen LogP contribution in [0, 0.1) is 0 Å². The van der Waals surface area contributed by atoms with Crippen LogP contribution >= 0.6 is 0 Å². The number of hydrogen-bond acceptors (Lipinski definition) is 3. The van der Waals surface area contributed by atoms with Gasteiger partial charge in [0.1, 0.15) is 0 Å². The maximum absolute atomic E-state index is 12.4. The van der Waals surface area contributed by atoms with Gasteiger partial charge in [0.05, 0.1) is 18.8 Å². The summed E-state index contributed by atoms with van der Waals surface area (Å²) in [6, 6.07) is -0.646. The second-order valence-electron chi connectivity index (χ2n) is 16.5. The zero-order valence-corrected chi connectivity index (χ0v) is 37.4. The molecule has 0 saturated heterocycles. The van der Waals surface area contributed by atoms with Crippen LogP contribution in [0.15, 0.2) is 60.8 Å². The second-order valence-corrected chi connectivity index (χ2v) is 16.5. The number of amides is 1. The van der Waals surface area contributed by atoms with Crippen LogP contribution in [-0.2, 0) is 4.79 Å². The first-order valence-electron chi connectivity index (χ1n) is 24.5. The first-order chi connectivity index (χ1) is 27.7. The number of rotatable bonds is 44. The van der Waals surface area contributed by atoms with Crippen molar-refractivity contribution in [2.45, 2.75) is 257 Å². The zero-order chi connectivity index (χ0) is 40.7. The van der Waals surface area contributed by atoms with Gasteiger partial charge >= 0.3 is 0 Å². The molecule has 0 radical (unpaired) electrons. The van der Waals surface area contributed by atoms with Crippen LogP contribution in [0.1, 0.15) is 245 Å². The summed E-state index contributed by atoms with van der Waals surface area (Å²) in [6.45, 7) is 4.29. The average Bonchev–Trinajstić information content (AvgIpc) is 3.20. The molecule has 4 heteroatoms. The molecule has 0 saturated carbocycles. The minimum Gasteiger partial charge on any atom is -0.394 e. The van der Waals surface area contributed by atoms with Gasteiger partial charge in [-0.1, -0.05) is 229 Å². The van der Waals surface area contributed by atoms with Crippen molar-refractivity contribution in [3.63, 3.8) is 0 Å². The van der Waals surface area contributed by atoms with Gasteiger partial charge in [0.25, 0.3) is 0 Å². The second kappa shape index (κ2) is 47.5. The minimum atomic E-state index is -0.868. The molecule has 2 unspecified atom stereocenters. The monoisotopic (exact) mass is 782 g/mol. The van der Waals surface area contributed by atoms with Crippen molar-refractivity contribution < 1.29 is 15.0 Å². The molecule has 0 rings (SSSR count). The number of aliphatic hydroxyl groups is 2. The Balaban J connectivity index is 3.62. The topological polar surface area (TPSA) is 69.6 Å². The van der Waals surface area contributed by atoms with E-state index in [9.17, 15) is 15.0 Å². The minimum absolute atomic E-state index is 0.0814. The van der Waals surface area contributed by atoms with Crippen molar-refractivity contribution >= 4 is 5.91 Å². The number of nitrogens with one attached hydrogen (secondary N) is 1. The fraction of sp³-hybridized carbons (Fsp3) is 0.788. The van der Waals surface area contributed by atoms with Crippen LogP contribution in [-0.4, -0.2) is 34.9 Å². The molecular formula is C52H95NO3. The lowest BCUT2D eigenvalue weighted by molar-refractivity contribution is -0.123. The van der Waals surface area contributed by atoms with Crippen molar-refractivity contribution in [2.24, 2.45) is 0 Å². The van der Waals surface area contributed by atoms with Gasteiger partial charge in [-0.2, -0.15) is 0 Å². The van der Waals surface area contributed by atoms with Gasteiger partial charge in [-0.15, -0.1) is 0 Å². The van der Waals surface area contributed by atoms with Gasteiger partial charge in [-0.25, -0.2) is 0 Å². The number of unbranched alkanes of at least 4 members (excludes halogenated alkanes) is 29. The van der Waals surface area contributed by atoms with Gasteiger partial charge in [-0.3, -0.25) is 4.79 Å². The Morgan fingerprint density at radius 3 is 1.16 bits per heavy atom. The molecule has 0 heterocycles. The first-order valence-corrected chi connectivity index (χ1v) is 24.5. The van der Waals surface area contributed by atoms with Crippen LogP contribution < -0.4 is 5.32 Å². The quantitative estimate of drug-likeness (QED) is 0.0426. The van der Waals surface area contributed by atoms with Gasteiger partial charge in [0.15, 0.2) is 0 Å². The Bertz CT molecular complexity index is 934. The predicted octanol–water partition coefficient (Wildman–Crippen LogP) is 15.7. The average molecular weight is 782 g/mol. The largest absolute Gasteiger partial charge is 0.394 e. The van der Waals surface area contributed by atoms with E-state index >= 15 is 0 Å². The van der Waals surface area contributed by atoms with Crippen molar-refractivity contribution in [1.29, 1.82) is 0 Å². The van der Waals surface area contributed by atoms with Crippen LogP contribution in [0.5, 0.6) is 0 Å². The van der Waals surface area contributed by atoms with E-state index in [4.69, 9.17) is 0 Å². The standard InChI is InChI=1S/C52H95NO3/c1-3-5-7-9-11-13-15-17-19-21-23-25-26-28-30-32-34-36-38-40-42-44-46-48-52(56)53-50(49-54)51(55)47-45-43-41-39-37-35-33-31-29-27-24-22-20-18-16-14-12-10-8-6-4-2/h15,17,21,23,26,28,37,39,45,47,50-51,54-55H,3-14,16,18-20,22,24-25,27,29-36,38,40-44,46,48-49H2,1-2H3,(H,53,56)/b17-15-,23-21-,28-26-,39-37+,47-45+. The summed E-state index contributed by atoms with van der Waals surface area (Å²) in [4.78, 5) is 12.4. The maximum Gasteiger partial charge on any atom is 0.220 e. The first kappa shape index (κ1) is 54.1. The molecule has 326 valence electrons. The summed E-state index contributed by atoms with van der Waals surface area (Å²) in [6.07, 6.45) is 66.3. The summed E-state index contributed by atoms with van der Waals surface area (Å²) in [5, 5.41) is 23.1. The number of hydrogen-bond donors (Lipinski definition) is 3. The van der Waals surface area contributed by atoms with Crippen LogP contribution in [0.3, 0.4) is 0 Å².